The molecule has 1 fully saturated rings. The molecule has 0 unspecified atom stereocenters. The highest BCUT2D eigenvalue weighted by molar-refractivity contribution is 5.77. The molecule has 0 radical (unpaired) electrons. The monoisotopic (exact) mass is 300 g/mol. The van der Waals surface area contributed by atoms with Crippen LogP contribution in [0.1, 0.15) is 5.56 Å². The molecule has 21 heavy (non-hydrogen) atoms. The number of hydrogen-bond acceptors (Lipinski definition) is 4. The Hall–Kier alpha value is -1.73. The van der Waals surface area contributed by atoms with Crippen molar-refractivity contribution >= 4 is 5.91 Å². The van der Waals surface area contributed by atoms with Crippen LogP contribution >= 0.6 is 0 Å². The number of amides is 1. The molecule has 0 spiro atoms. The molecule has 1 heterocycles. The van der Waals surface area contributed by atoms with Crippen molar-refractivity contribution in [2.24, 2.45) is 5.73 Å². The van der Waals surface area contributed by atoms with E-state index >= 15 is 0 Å². The standard InChI is InChI=1S/C14H18F2N2O3/c15-11-7-10(1-2-17)8-12(16)14(11)21-9-13(19)18-3-5-20-6-4-18/h7-8H,1-6,9,17H2. The van der Waals surface area contributed by atoms with Crippen LogP contribution in [0.3, 0.4) is 0 Å². The van der Waals surface area contributed by atoms with E-state index in [0.717, 1.165) is 0 Å². The molecule has 1 aromatic rings. The highest BCUT2D eigenvalue weighted by Gasteiger charge is 2.19. The molecule has 1 amide bonds. The molecule has 7 heteroatoms. The predicted molar refractivity (Wildman–Crippen MR) is 72.0 cm³/mol. The van der Waals surface area contributed by atoms with E-state index in [0.29, 0.717) is 44.8 Å². The number of carbonyl (C=O) groups excluding carboxylic acids is 1. The summed E-state index contributed by atoms with van der Waals surface area (Å²) in [6, 6.07) is 2.34. The van der Waals surface area contributed by atoms with Gasteiger partial charge >= 0.3 is 0 Å². The Bertz CT molecular complexity index is 482. The fourth-order valence-corrected chi connectivity index (χ4v) is 2.10. The van der Waals surface area contributed by atoms with E-state index in [1.54, 1.807) is 4.90 Å². The van der Waals surface area contributed by atoms with Gasteiger partial charge in [-0.05, 0) is 30.7 Å². The largest absolute Gasteiger partial charge is 0.478 e. The average Bonchev–Trinajstić information content (AvgIpc) is 2.47. The van der Waals surface area contributed by atoms with Crippen molar-refractivity contribution in [3.05, 3.63) is 29.3 Å². The lowest BCUT2D eigenvalue weighted by Crippen LogP contribution is -2.43. The molecular formula is C14H18F2N2O3. The third-order valence-corrected chi connectivity index (χ3v) is 3.19. The first kappa shape index (κ1) is 15.7. The van der Waals surface area contributed by atoms with Crippen LogP contribution in [0, 0.1) is 11.6 Å². The summed E-state index contributed by atoms with van der Waals surface area (Å²) in [5, 5.41) is 0. The molecule has 1 aromatic carbocycles. The lowest BCUT2D eigenvalue weighted by molar-refractivity contribution is -0.137. The number of halogens is 2. The quantitative estimate of drug-likeness (QED) is 0.869. The van der Waals surface area contributed by atoms with E-state index in [-0.39, 0.29) is 5.91 Å². The number of rotatable bonds is 5. The highest BCUT2D eigenvalue weighted by Crippen LogP contribution is 2.23. The molecule has 1 saturated heterocycles. The van der Waals surface area contributed by atoms with Crippen LogP contribution in [0.2, 0.25) is 0 Å². The maximum Gasteiger partial charge on any atom is 0.260 e. The van der Waals surface area contributed by atoms with Gasteiger partial charge in [0.15, 0.2) is 24.0 Å². The maximum atomic E-state index is 13.8. The zero-order chi connectivity index (χ0) is 15.2. The SMILES string of the molecule is NCCc1cc(F)c(OCC(=O)N2CCOCC2)c(F)c1. The van der Waals surface area contributed by atoms with Crippen LogP contribution in [-0.4, -0.2) is 50.3 Å². The van der Waals surface area contributed by atoms with E-state index in [1.165, 1.54) is 12.1 Å². The number of nitrogens with zero attached hydrogens (tertiary/aromatic N) is 1. The Morgan fingerprint density at radius 2 is 1.90 bits per heavy atom. The second-order valence-corrected chi connectivity index (χ2v) is 4.71. The molecule has 5 nitrogen and oxygen atoms in total. The van der Waals surface area contributed by atoms with Crippen LogP contribution in [0.5, 0.6) is 5.75 Å². The second kappa shape index (κ2) is 7.33. The van der Waals surface area contributed by atoms with E-state index in [2.05, 4.69) is 0 Å². The molecule has 1 aliphatic rings. The summed E-state index contributed by atoms with van der Waals surface area (Å²) in [6.07, 6.45) is 0.376. The minimum Gasteiger partial charge on any atom is -0.478 e. The van der Waals surface area contributed by atoms with Gasteiger partial charge in [-0.25, -0.2) is 8.78 Å². The van der Waals surface area contributed by atoms with Gasteiger partial charge in [-0.15, -0.1) is 0 Å². The number of morpholine rings is 1. The molecule has 2 rings (SSSR count). The zero-order valence-electron chi connectivity index (χ0n) is 11.6. The topological polar surface area (TPSA) is 64.8 Å². The van der Waals surface area contributed by atoms with Crippen molar-refractivity contribution in [1.82, 2.24) is 4.90 Å². The summed E-state index contributed by atoms with van der Waals surface area (Å²) >= 11 is 0. The summed E-state index contributed by atoms with van der Waals surface area (Å²) in [5.41, 5.74) is 5.80. The number of benzene rings is 1. The first-order valence-corrected chi connectivity index (χ1v) is 6.78. The number of nitrogens with two attached hydrogens (primary N) is 1. The van der Waals surface area contributed by atoms with Crippen LogP contribution in [-0.2, 0) is 16.0 Å². The minimum atomic E-state index is -0.826. The van der Waals surface area contributed by atoms with Gasteiger partial charge in [-0.2, -0.15) is 0 Å². The Morgan fingerprint density at radius 3 is 2.48 bits per heavy atom. The van der Waals surface area contributed by atoms with Crippen molar-refractivity contribution in [3.63, 3.8) is 0 Å². The first-order valence-electron chi connectivity index (χ1n) is 6.78. The number of hydrogen-bond donors (Lipinski definition) is 1. The lowest BCUT2D eigenvalue weighted by atomic mass is 10.1. The summed E-state index contributed by atoms with van der Waals surface area (Å²) in [4.78, 5) is 13.4. The maximum absolute atomic E-state index is 13.8. The minimum absolute atomic E-state index is 0.300. The van der Waals surface area contributed by atoms with E-state index < -0.39 is 24.0 Å². The normalized spacial score (nSPS) is 15.1. The molecule has 1 aliphatic heterocycles. The number of carbonyl (C=O) groups is 1. The van der Waals surface area contributed by atoms with Crippen molar-refractivity contribution in [3.8, 4) is 5.75 Å². The molecular weight excluding hydrogens is 282 g/mol. The van der Waals surface area contributed by atoms with Gasteiger partial charge in [-0.3, -0.25) is 4.79 Å². The molecule has 0 aromatic heterocycles. The first-order chi connectivity index (χ1) is 10.1. The van der Waals surface area contributed by atoms with Gasteiger partial charge in [-0.1, -0.05) is 0 Å². The Balaban J connectivity index is 1.97. The average molecular weight is 300 g/mol. The summed E-state index contributed by atoms with van der Waals surface area (Å²) in [7, 11) is 0. The summed E-state index contributed by atoms with van der Waals surface area (Å²) in [6.45, 7) is 1.74. The Morgan fingerprint density at radius 1 is 1.29 bits per heavy atom. The lowest BCUT2D eigenvalue weighted by Gasteiger charge is -2.26. The van der Waals surface area contributed by atoms with Crippen LogP contribution in [0.15, 0.2) is 12.1 Å². The van der Waals surface area contributed by atoms with E-state index in [9.17, 15) is 13.6 Å². The van der Waals surface area contributed by atoms with E-state index in [4.69, 9.17) is 15.2 Å². The summed E-state index contributed by atoms with van der Waals surface area (Å²) in [5.74, 6) is -2.50. The van der Waals surface area contributed by atoms with Gasteiger partial charge in [0, 0.05) is 13.1 Å². The smallest absolute Gasteiger partial charge is 0.260 e. The van der Waals surface area contributed by atoms with Crippen LogP contribution in [0.4, 0.5) is 8.78 Å². The molecule has 0 atom stereocenters. The molecule has 0 saturated carbocycles. The van der Waals surface area contributed by atoms with Gasteiger partial charge in [0.1, 0.15) is 0 Å². The molecule has 0 bridgehead atoms. The van der Waals surface area contributed by atoms with Crippen molar-refractivity contribution in [1.29, 1.82) is 0 Å². The Labute approximate surface area is 121 Å². The predicted octanol–water partition coefficient (Wildman–Crippen LogP) is 0.704. The fraction of sp³-hybridized carbons (Fsp3) is 0.500. The molecule has 2 N–H and O–H groups in total. The number of ether oxygens (including phenoxy) is 2. The van der Waals surface area contributed by atoms with Gasteiger partial charge in [0.2, 0.25) is 0 Å². The van der Waals surface area contributed by atoms with Gasteiger partial charge in [0.25, 0.3) is 5.91 Å². The van der Waals surface area contributed by atoms with Crippen molar-refractivity contribution in [2.45, 2.75) is 6.42 Å². The second-order valence-electron chi connectivity index (χ2n) is 4.71. The Kier molecular flexibility index (Phi) is 5.46. The third kappa shape index (κ3) is 4.12. The molecule has 0 aliphatic carbocycles. The third-order valence-electron chi connectivity index (χ3n) is 3.19. The van der Waals surface area contributed by atoms with Crippen molar-refractivity contribution in [2.75, 3.05) is 39.5 Å². The fourth-order valence-electron chi connectivity index (χ4n) is 2.10. The highest BCUT2D eigenvalue weighted by atomic mass is 19.1. The summed E-state index contributed by atoms with van der Waals surface area (Å²) < 4.78 is 37.7. The van der Waals surface area contributed by atoms with Crippen LogP contribution < -0.4 is 10.5 Å². The van der Waals surface area contributed by atoms with Crippen molar-refractivity contribution < 1.29 is 23.0 Å². The zero-order valence-corrected chi connectivity index (χ0v) is 11.6. The van der Waals surface area contributed by atoms with E-state index in [1.807, 2.05) is 0 Å². The van der Waals surface area contributed by atoms with Crippen LogP contribution in [0.25, 0.3) is 0 Å². The van der Waals surface area contributed by atoms with Gasteiger partial charge < -0.3 is 20.1 Å². The molecule has 116 valence electrons. The van der Waals surface area contributed by atoms with Gasteiger partial charge in [0.05, 0.1) is 13.2 Å².